The van der Waals surface area contributed by atoms with E-state index in [0.717, 1.165) is 16.5 Å². The largest absolute Gasteiger partial charge is 0.369 e. The molecule has 98 valence electrons. The third-order valence-corrected chi connectivity index (χ3v) is 3.50. The van der Waals surface area contributed by atoms with Gasteiger partial charge in [0.05, 0.1) is 17.6 Å². The van der Waals surface area contributed by atoms with Crippen LogP contribution in [0.15, 0.2) is 24.4 Å². The molecule has 1 unspecified atom stereocenters. The number of nitrogens with two attached hydrogens (primary N) is 1. The summed E-state index contributed by atoms with van der Waals surface area (Å²) in [5, 5.41) is 7.89. The Morgan fingerprint density at radius 1 is 1.53 bits per heavy atom. The number of nitrogens with one attached hydrogen (secondary N) is 1. The first-order valence-electron chi connectivity index (χ1n) is 6.12. The van der Waals surface area contributed by atoms with E-state index in [4.69, 9.17) is 5.73 Å². The molecule has 0 radical (unpaired) electrons. The lowest BCUT2D eigenvalue weighted by Gasteiger charge is -2.16. The average Bonchev–Trinajstić information content (AvgIpc) is 2.96. The molecular weight excluding hydrogens is 244 g/mol. The summed E-state index contributed by atoms with van der Waals surface area (Å²) in [4.78, 5) is 24.6. The number of benzene rings is 1. The first-order valence-corrected chi connectivity index (χ1v) is 6.12. The first-order chi connectivity index (χ1) is 9.13. The molecule has 2 aromatic rings. The van der Waals surface area contributed by atoms with E-state index < -0.39 is 5.91 Å². The molecule has 1 saturated heterocycles. The predicted octanol–water partition coefficient (Wildman–Crippen LogP) is 0.397. The molecule has 6 nitrogen and oxygen atoms in total. The summed E-state index contributed by atoms with van der Waals surface area (Å²) in [5.41, 5.74) is 7.19. The minimum absolute atomic E-state index is 0.0199. The van der Waals surface area contributed by atoms with E-state index in [1.807, 2.05) is 18.2 Å². The van der Waals surface area contributed by atoms with Gasteiger partial charge in [0.2, 0.25) is 11.8 Å². The van der Waals surface area contributed by atoms with Crippen LogP contribution in [-0.4, -0.2) is 33.5 Å². The summed E-state index contributed by atoms with van der Waals surface area (Å²) < 4.78 is 0. The Balaban J connectivity index is 1.77. The number of nitrogens with zero attached hydrogens (tertiary/aromatic N) is 2. The molecule has 0 bridgehead atoms. The Labute approximate surface area is 109 Å². The topological polar surface area (TPSA) is 92.1 Å². The Hall–Kier alpha value is -2.37. The molecule has 0 saturated carbocycles. The second kappa shape index (κ2) is 4.38. The van der Waals surface area contributed by atoms with Crippen molar-refractivity contribution in [2.75, 3.05) is 6.54 Å². The minimum Gasteiger partial charge on any atom is -0.369 e. The second-order valence-corrected chi connectivity index (χ2v) is 4.87. The van der Waals surface area contributed by atoms with Gasteiger partial charge in [-0.3, -0.25) is 14.7 Å². The van der Waals surface area contributed by atoms with Crippen molar-refractivity contribution in [1.29, 1.82) is 0 Å². The van der Waals surface area contributed by atoms with Crippen LogP contribution in [0.25, 0.3) is 10.9 Å². The zero-order valence-electron chi connectivity index (χ0n) is 10.3. The van der Waals surface area contributed by atoms with Gasteiger partial charge in [-0.15, -0.1) is 0 Å². The molecule has 1 aromatic carbocycles. The Morgan fingerprint density at radius 2 is 2.37 bits per heavy atom. The van der Waals surface area contributed by atoms with E-state index in [1.165, 1.54) is 0 Å². The molecule has 1 aromatic heterocycles. The Kier molecular flexibility index (Phi) is 2.70. The van der Waals surface area contributed by atoms with Crippen LogP contribution in [0, 0.1) is 5.92 Å². The number of aromatic nitrogens is 2. The number of hydrogen-bond acceptors (Lipinski definition) is 3. The monoisotopic (exact) mass is 258 g/mol. The molecule has 2 heterocycles. The van der Waals surface area contributed by atoms with Crippen molar-refractivity contribution in [1.82, 2.24) is 15.1 Å². The van der Waals surface area contributed by atoms with Gasteiger partial charge >= 0.3 is 0 Å². The zero-order chi connectivity index (χ0) is 13.4. The maximum absolute atomic E-state index is 11.8. The highest BCUT2D eigenvalue weighted by molar-refractivity contribution is 5.88. The number of rotatable bonds is 3. The minimum atomic E-state index is -0.403. The Bertz CT molecular complexity index is 649. The number of hydrogen-bond donors (Lipinski definition) is 2. The summed E-state index contributed by atoms with van der Waals surface area (Å²) in [6, 6.07) is 5.89. The molecule has 2 amide bonds. The maximum Gasteiger partial charge on any atom is 0.223 e. The molecule has 6 heteroatoms. The van der Waals surface area contributed by atoms with Crippen LogP contribution in [0.2, 0.25) is 0 Å². The SMILES string of the molecule is NC(=O)C1CC(=O)N(Cc2ccc3cn[nH]c3c2)C1. The van der Waals surface area contributed by atoms with E-state index in [2.05, 4.69) is 10.2 Å². The number of amides is 2. The quantitative estimate of drug-likeness (QED) is 0.834. The smallest absolute Gasteiger partial charge is 0.223 e. The molecule has 0 aliphatic carbocycles. The molecule has 1 atom stereocenters. The lowest BCUT2D eigenvalue weighted by atomic mass is 10.1. The fraction of sp³-hybridized carbons (Fsp3) is 0.308. The summed E-state index contributed by atoms with van der Waals surface area (Å²) in [7, 11) is 0. The van der Waals surface area contributed by atoms with Crippen molar-refractivity contribution in [3.63, 3.8) is 0 Å². The van der Waals surface area contributed by atoms with Crippen LogP contribution >= 0.6 is 0 Å². The molecule has 19 heavy (non-hydrogen) atoms. The molecule has 3 N–H and O–H groups in total. The van der Waals surface area contributed by atoms with E-state index >= 15 is 0 Å². The molecule has 0 spiro atoms. The van der Waals surface area contributed by atoms with Crippen molar-refractivity contribution >= 4 is 22.7 Å². The van der Waals surface area contributed by atoms with Crippen LogP contribution in [0.4, 0.5) is 0 Å². The van der Waals surface area contributed by atoms with Crippen LogP contribution < -0.4 is 5.73 Å². The first kappa shape index (κ1) is 11.7. The van der Waals surface area contributed by atoms with E-state index in [9.17, 15) is 9.59 Å². The van der Waals surface area contributed by atoms with Crippen LogP contribution in [0.5, 0.6) is 0 Å². The third kappa shape index (κ3) is 2.16. The molecule has 1 fully saturated rings. The van der Waals surface area contributed by atoms with Crippen LogP contribution in [0.3, 0.4) is 0 Å². The highest BCUT2D eigenvalue weighted by atomic mass is 16.2. The van der Waals surface area contributed by atoms with Gasteiger partial charge in [0.1, 0.15) is 0 Å². The average molecular weight is 258 g/mol. The number of likely N-dealkylation sites (tertiary alicyclic amines) is 1. The van der Waals surface area contributed by atoms with Crippen LogP contribution in [0.1, 0.15) is 12.0 Å². The van der Waals surface area contributed by atoms with Gasteiger partial charge in [0, 0.05) is 24.9 Å². The van der Waals surface area contributed by atoms with Gasteiger partial charge in [-0.1, -0.05) is 12.1 Å². The number of carbonyl (C=O) groups is 2. The summed E-state index contributed by atoms with van der Waals surface area (Å²) in [6.45, 7) is 0.909. The fourth-order valence-corrected chi connectivity index (χ4v) is 2.42. The van der Waals surface area contributed by atoms with Gasteiger partial charge in [-0.2, -0.15) is 5.10 Å². The van der Waals surface area contributed by atoms with Crippen molar-refractivity contribution in [3.8, 4) is 0 Å². The second-order valence-electron chi connectivity index (χ2n) is 4.87. The molecule has 1 aliphatic rings. The van der Waals surface area contributed by atoms with Crippen molar-refractivity contribution in [3.05, 3.63) is 30.0 Å². The highest BCUT2D eigenvalue weighted by Crippen LogP contribution is 2.21. The Morgan fingerprint density at radius 3 is 3.11 bits per heavy atom. The predicted molar refractivity (Wildman–Crippen MR) is 68.8 cm³/mol. The molecular formula is C13H14N4O2. The van der Waals surface area contributed by atoms with E-state index in [-0.39, 0.29) is 18.2 Å². The summed E-state index contributed by atoms with van der Waals surface area (Å²) in [6.07, 6.45) is 1.98. The number of aromatic amines is 1. The third-order valence-electron chi connectivity index (χ3n) is 3.50. The molecule has 3 rings (SSSR count). The van der Waals surface area contributed by atoms with Crippen molar-refractivity contribution in [2.45, 2.75) is 13.0 Å². The number of H-pyrrole nitrogens is 1. The highest BCUT2D eigenvalue weighted by Gasteiger charge is 2.32. The zero-order valence-corrected chi connectivity index (χ0v) is 10.3. The summed E-state index contributed by atoms with van der Waals surface area (Å²) in [5.74, 6) is -0.781. The summed E-state index contributed by atoms with van der Waals surface area (Å²) >= 11 is 0. The number of fused-ring (bicyclic) bond motifs is 1. The van der Waals surface area contributed by atoms with Gasteiger partial charge in [0.25, 0.3) is 0 Å². The normalized spacial score (nSPS) is 19.3. The maximum atomic E-state index is 11.8. The lowest BCUT2D eigenvalue weighted by molar-refractivity contribution is -0.128. The van der Waals surface area contributed by atoms with Gasteiger partial charge in [-0.25, -0.2) is 0 Å². The van der Waals surface area contributed by atoms with Gasteiger partial charge in [0.15, 0.2) is 0 Å². The van der Waals surface area contributed by atoms with Crippen molar-refractivity contribution < 1.29 is 9.59 Å². The van der Waals surface area contributed by atoms with Gasteiger partial charge in [-0.05, 0) is 11.6 Å². The van der Waals surface area contributed by atoms with E-state index in [1.54, 1.807) is 11.1 Å². The number of carbonyl (C=O) groups excluding carboxylic acids is 2. The fourth-order valence-electron chi connectivity index (χ4n) is 2.42. The standard InChI is InChI=1S/C13H14N4O2/c14-13(19)10-4-12(18)17(7-10)6-8-1-2-9-5-15-16-11(9)3-8/h1-3,5,10H,4,6-7H2,(H2,14,19)(H,15,16). The van der Waals surface area contributed by atoms with Crippen LogP contribution in [-0.2, 0) is 16.1 Å². The van der Waals surface area contributed by atoms with Crippen molar-refractivity contribution in [2.24, 2.45) is 11.7 Å². The van der Waals surface area contributed by atoms with Gasteiger partial charge < -0.3 is 10.6 Å². The molecule has 1 aliphatic heterocycles. The van der Waals surface area contributed by atoms with E-state index in [0.29, 0.717) is 13.1 Å². The number of primary amides is 1. The lowest BCUT2D eigenvalue weighted by Crippen LogP contribution is -2.28.